The van der Waals surface area contributed by atoms with Crippen molar-refractivity contribution < 1.29 is 0 Å². The van der Waals surface area contributed by atoms with E-state index in [0.29, 0.717) is 0 Å². The monoisotopic (exact) mass is 478 g/mol. The fourth-order valence-electron chi connectivity index (χ4n) is 4.63. The second kappa shape index (κ2) is 8.77. The predicted octanol–water partition coefficient (Wildman–Crippen LogP) is 7.64. The number of H-pyrrole nitrogens is 2. The quantitative estimate of drug-likeness (QED) is 0.267. The number of hydrogen-bond acceptors (Lipinski definition) is 4. The van der Waals surface area contributed by atoms with Crippen LogP contribution in [0.15, 0.2) is 121 Å². The zero-order chi connectivity index (χ0) is 24.6. The lowest BCUT2D eigenvalue weighted by molar-refractivity contribution is 1.16. The van der Waals surface area contributed by atoms with Crippen LogP contribution >= 0.6 is 0 Å². The Hall–Kier alpha value is -5.23. The maximum atomic E-state index is 5.04. The van der Waals surface area contributed by atoms with Crippen LogP contribution < -0.4 is 4.90 Å². The predicted molar refractivity (Wildman–Crippen MR) is 149 cm³/mol. The molecule has 0 saturated carbocycles. The Morgan fingerprint density at radius 1 is 0.486 bits per heavy atom. The Morgan fingerprint density at radius 2 is 1.11 bits per heavy atom. The second-order valence-electron chi connectivity index (χ2n) is 8.81. The van der Waals surface area contributed by atoms with E-state index in [1.165, 1.54) is 0 Å². The topological polar surface area (TPSA) is 73.5 Å². The third-order valence-corrected chi connectivity index (χ3v) is 6.38. The van der Waals surface area contributed by atoms with Crippen molar-refractivity contribution in [1.29, 1.82) is 0 Å². The molecule has 3 aromatic heterocycles. The number of pyridine rings is 1. The van der Waals surface area contributed by atoms with Crippen LogP contribution in [-0.4, -0.2) is 24.9 Å². The Labute approximate surface area is 213 Å². The molecule has 3 heterocycles. The lowest BCUT2D eigenvalue weighted by atomic mass is 10.1. The molecule has 0 saturated heterocycles. The van der Waals surface area contributed by atoms with Gasteiger partial charge in [-0.3, -0.25) is 4.90 Å². The Kier molecular flexibility index (Phi) is 5.00. The standard InChI is InChI=1S/C31H22N6/c1-2-11-22(12-3-1)37(23-13-8-10-21(20-23)30-33-24-14-4-5-15-25(24)34-30)29-19-9-18-28(32-29)31-35-26-16-6-7-17-27(26)36-31/h1-20H,(H,33,34)(H,35,36). The summed E-state index contributed by atoms with van der Waals surface area (Å²) in [5.41, 5.74) is 7.65. The molecule has 0 radical (unpaired) electrons. The van der Waals surface area contributed by atoms with Gasteiger partial charge in [-0.2, -0.15) is 0 Å². The van der Waals surface area contributed by atoms with Gasteiger partial charge in [-0.25, -0.2) is 15.0 Å². The van der Waals surface area contributed by atoms with E-state index in [2.05, 4.69) is 51.3 Å². The van der Waals surface area contributed by atoms with Gasteiger partial charge in [0.15, 0.2) is 5.82 Å². The minimum absolute atomic E-state index is 0.743. The highest BCUT2D eigenvalue weighted by atomic mass is 15.2. The zero-order valence-corrected chi connectivity index (χ0v) is 19.8. The van der Waals surface area contributed by atoms with Gasteiger partial charge >= 0.3 is 0 Å². The summed E-state index contributed by atoms with van der Waals surface area (Å²) >= 11 is 0. The van der Waals surface area contributed by atoms with Crippen LogP contribution in [0.5, 0.6) is 0 Å². The van der Waals surface area contributed by atoms with E-state index in [9.17, 15) is 0 Å². The lowest BCUT2D eigenvalue weighted by Gasteiger charge is -2.25. The molecule has 7 aromatic rings. The molecule has 4 aromatic carbocycles. The number of benzene rings is 4. The minimum atomic E-state index is 0.743. The first-order chi connectivity index (χ1) is 18.3. The Morgan fingerprint density at radius 3 is 1.86 bits per heavy atom. The van der Waals surface area contributed by atoms with E-state index in [-0.39, 0.29) is 0 Å². The largest absolute Gasteiger partial charge is 0.338 e. The van der Waals surface area contributed by atoms with Crippen molar-refractivity contribution in [3.63, 3.8) is 0 Å². The zero-order valence-electron chi connectivity index (χ0n) is 19.8. The van der Waals surface area contributed by atoms with E-state index in [1.807, 2.05) is 84.9 Å². The normalized spacial score (nSPS) is 11.2. The molecule has 0 aliphatic heterocycles. The number of imidazole rings is 2. The number of fused-ring (bicyclic) bond motifs is 2. The number of nitrogens with zero attached hydrogens (tertiary/aromatic N) is 4. The van der Waals surface area contributed by atoms with E-state index in [0.717, 1.165) is 62.2 Å². The van der Waals surface area contributed by atoms with Crippen LogP contribution in [0.2, 0.25) is 0 Å². The van der Waals surface area contributed by atoms with Crippen molar-refractivity contribution in [3.05, 3.63) is 121 Å². The first-order valence-corrected chi connectivity index (χ1v) is 12.1. The van der Waals surface area contributed by atoms with Crippen LogP contribution in [-0.2, 0) is 0 Å². The van der Waals surface area contributed by atoms with Gasteiger partial charge in [-0.05, 0) is 60.7 Å². The van der Waals surface area contributed by atoms with Crippen LogP contribution in [0.4, 0.5) is 17.2 Å². The van der Waals surface area contributed by atoms with Crippen molar-refractivity contribution >= 4 is 39.3 Å². The molecule has 0 aliphatic carbocycles. The summed E-state index contributed by atoms with van der Waals surface area (Å²) in [6, 6.07) is 40.7. The summed E-state index contributed by atoms with van der Waals surface area (Å²) in [6.45, 7) is 0. The fraction of sp³-hybridized carbons (Fsp3) is 0. The summed E-state index contributed by atoms with van der Waals surface area (Å²) in [6.07, 6.45) is 0. The number of para-hydroxylation sites is 5. The van der Waals surface area contributed by atoms with Crippen molar-refractivity contribution in [1.82, 2.24) is 24.9 Å². The Balaban J connectivity index is 1.34. The lowest BCUT2D eigenvalue weighted by Crippen LogP contribution is -2.12. The highest BCUT2D eigenvalue weighted by Crippen LogP contribution is 2.36. The van der Waals surface area contributed by atoms with Crippen molar-refractivity contribution in [2.45, 2.75) is 0 Å². The smallest absolute Gasteiger partial charge is 0.157 e. The SMILES string of the molecule is c1ccc(N(c2cccc(-c3nc4ccccc4[nH]3)c2)c2cccc(-c3nc4ccccc4[nH]3)n2)cc1. The molecular formula is C31H22N6. The number of aromatic amines is 2. The second-order valence-corrected chi connectivity index (χ2v) is 8.81. The number of rotatable bonds is 5. The molecule has 0 spiro atoms. The first kappa shape index (κ1) is 21.1. The Bertz CT molecular complexity index is 1670. The van der Waals surface area contributed by atoms with Crippen molar-refractivity contribution in [2.75, 3.05) is 4.90 Å². The van der Waals surface area contributed by atoms with Gasteiger partial charge in [0.05, 0.1) is 22.1 Å². The maximum absolute atomic E-state index is 5.04. The summed E-state index contributed by atoms with van der Waals surface area (Å²) in [5.74, 6) is 2.37. The molecular weight excluding hydrogens is 456 g/mol. The van der Waals surface area contributed by atoms with Gasteiger partial charge in [-0.15, -0.1) is 0 Å². The van der Waals surface area contributed by atoms with Crippen LogP contribution in [0.1, 0.15) is 0 Å². The van der Waals surface area contributed by atoms with Gasteiger partial charge in [0.2, 0.25) is 0 Å². The van der Waals surface area contributed by atoms with E-state index < -0.39 is 0 Å². The third-order valence-electron chi connectivity index (χ3n) is 6.38. The molecule has 37 heavy (non-hydrogen) atoms. The van der Waals surface area contributed by atoms with E-state index in [4.69, 9.17) is 15.0 Å². The molecule has 0 atom stereocenters. The van der Waals surface area contributed by atoms with Gasteiger partial charge in [0.1, 0.15) is 17.3 Å². The molecule has 6 heteroatoms. The average Bonchev–Trinajstić information content (AvgIpc) is 3.59. The maximum Gasteiger partial charge on any atom is 0.157 e. The number of anilines is 3. The molecule has 176 valence electrons. The average molecular weight is 479 g/mol. The number of hydrogen-bond donors (Lipinski definition) is 2. The summed E-state index contributed by atoms with van der Waals surface area (Å²) in [4.78, 5) is 23.6. The van der Waals surface area contributed by atoms with Gasteiger partial charge in [0.25, 0.3) is 0 Å². The molecule has 0 fully saturated rings. The molecule has 2 N–H and O–H groups in total. The van der Waals surface area contributed by atoms with Crippen LogP contribution in [0.25, 0.3) is 45.0 Å². The summed E-state index contributed by atoms with van der Waals surface area (Å²) in [5, 5.41) is 0. The summed E-state index contributed by atoms with van der Waals surface area (Å²) < 4.78 is 0. The fourth-order valence-corrected chi connectivity index (χ4v) is 4.63. The third kappa shape index (κ3) is 3.90. The van der Waals surface area contributed by atoms with E-state index >= 15 is 0 Å². The number of nitrogens with one attached hydrogen (secondary N) is 2. The van der Waals surface area contributed by atoms with Gasteiger partial charge < -0.3 is 9.97 Å². The number of aromatic nitrogens is 5. The first-order valence-electron chi connectivity index (χ1n) is 12.1. The molecule has 0 aliphatic rings. The highest BCUT2D eigenvalue weighted by Gasteiger charge is 2.17. The molecule has 0 amide bonds. The van der Waals surface area contributed by atoms with Gasteiger partial charge in [0, 0.05) is 16.9 Å². The molecule has 6 nitrogen and oxygen atoms in total. The van der Waals surface area contributed by atoms with Crippen molar-refractivity contribution in [3.8, 4) is 22.9 Å². The van der Waals surface area contributed by atoms with Crippen LogP contribution in [0.3, 0.4) is 0 Å². The highest BCUT2D eigenvalue weighted by molar-refractivity contribution is 5.83. The summed E-state index contributed by atoms with van der Waals surface area (Å²) in [7, 11) is 0. The molecule has 0 bridgehead atoms. The minimum Gasteiger partial charge on any atom is -0.338 e. The van der Waals surface area contributed by atoms with Crippen molar-refractivity contribution in [2.24, 2.45) is 0 Å². The van der Waals surface area contributed by atoms with E-state index in [1.54, 1.807) is 0 Å². The molecule has 7 rings (SSSR count). The van der Waals surface area contributed by atoms with Crippen LogP contribution in [0, 0.1) is 0 Å². The molecule has 0 unspecified atom stereocenters. The van der Waals surface area contributed by atoms with Gasteiger partial charge in [-0.1, -0.05) is 60.7 Å².